The van der Waals surface area contributed by atoms with Crippen LogP contribution in [0.4, 0.5) is 5.69 Å². The number of rotatable bonds is 5. The van der Waals surface area contributed by atoms with Gasteiger partial charge in [-0.25, -0.2) is 0 Å². The molecule has 0 spiro atoms. The normalized spacial score (nSPS) is 10.9. The van der Waals surface area contributed by atoms with Crippen LogP contribution in [0.15, 0.2) is 18.2 Å². The van der Waals surface area contributed by atoms with Crippen molar-refractivity contribution < 1.29 is 9.59 Å². The lowest BCUT2D eigenvalue weighted by Gasteiger charge is -2.20. The van der Waals surface area contributed by atoms with E-state index in [0.717, 1.165) is 11.3 Å². The van der Waals surface area contributed by atoms with E-state index in [9.17, 15) is 9.59 Å². The first-order valence-electron chi connectivity index (χ1n) is 6.89. The van der Waals surface area contributed by atoms with E-state index < -0.39 is 0 Å². The number of carbonyl (C=O) groups excluding carboxylic acids is 2. The van der Waals surface area contributed by atoms with Gasteiger partial charge in [-0.05, 0) is 51.5 Å². The van der Waals surface area contributed by atoms with Crippen molar-refractivity contribution in [2.24, 2.45) is 5.84 Å². The molecule has 1 rings (SSSR count). The number of carbonyl (C=O) groups is 2. The molecule has 0 heterocycles. The fourth-order valence-electron chi connectivity index (χ4n) is 1.87. The Morgan fingerprint density at radius 3 is 2.43 bits per heavy atom. The summed E-state index contributed by atoms with van der Waals surface area (Å²) in [7, 11) is 0. The van der Waals surface area contributed by atoms with E-state index in [0.29, 0.717) is 12.1 Å². The molecule has 0 saturated heterocycles. The van der Waals surface area contributed by atoms with Crippen molar-refractivity contribution in [3.63, 3.8) is 0 Å². The summed E-state index contributed by atoms with van der Waals surface area (Å²) in [5.74, 6) is 5.04. The summed E-state index contributed by atoms with van der Waals surface area (Å²) in [5.41, 5.74) is 4.41. The molecule has 0 saturated carbocycles. The van der Waals surface area contributed by atoms with Gasteiger partial charge in [0.25, 0.3) is 5.91 Å². The van der Waals surface area contributed by atoms with Crippen molar-refractivity contribution >= 4 is 17.5 Å². The van der Waals surface area contributed by atoms with Gasteiger partial charge in [-0.2, -0.15) is 0 Å². The van der Waals surface area contributed by atoms with Gasteiger partial charge in [0.2, 0.25) is 5.91 Å². The quantitative estimate of drug-likeness (QED) is 0.486. The van der Waals surface area contributed by atoms with Crippen LogP contribution >= 0.6 is 0 Å². The van der Waals surface area contributed by atoms with E-state index in [1.807, 2.05) is 27.7 Å². The molecule has 2 amide bonds. The summed E-state index contributed by atoms with van der Waals surface area (Å²) >= 11 is 0. The second-order valence-corrected chi connectivity index (χ2v) is 5.98. The van der Waals surface area contributed by atoms with Crippen molar-refractivity contribution in [2.75, 3.05) is 12.0 Å². The molecule has 116 valence electrons. The van der Waals surface area contributed by atoms with Crippen LogP contribution < -0.4 is 21.9 Å². The van der Waals surface area contributed by atoms with Crippen molar-refractivity contribution in [2.45, 2.75) is 39.7 Å². The molecule has 21 heavy (non-hydrogen) atoms. The zero-order valence-electron chi connectivity index (χ0n) is 13.0. The topological polar surface area (TPSA) is 96.2 Å². The van der Waals surface area contributed by atoms with Crippen molar-refractivity contribution in [3.05, 3.63) is 29.3 Å². The molecule has 0 bridgehead atoms. The molecule has 0 aliphatic heterocycles. The molecule has 0 aliphatic carbocycles. The number of benzene rings is 1. The second kappa shape index (κ2) is 7.08. The van der Waals surface area contributed by atoms with E-state index in [4.69, 9.17) is 5.84 Å². The van der Waals surface area contributed by atoms with E-state index >= 15 is 0 Å². The van der Waals surface area contributed by atoms with Crippen LogP contribution in [0, 0.1) is 6.92 Å². The average Bonchev–Trinajstić information content (AvgIpc) is 2.36. The highest BCUT2D eigenvalue weighted by atomic mass is 16.2. The number of nitrogens with one attached hydrogen (secondary N) is 3. The Morgan fingerprint density at radius 2 is 1.90 bits per heavy atom. The third-order valence-corrected chi connectivity index (χ3v) is 2.79. The van der Waals surface area contributed by atoms with E-state index in [1.54, 1.807) is 18.2 Å². The number of amides is 2. The molecule has 0 unspecified atom stereocenters. The molecule has 0 fully saturated rings. The van der Waals surface area contributed by atoms with Crippen molar-refractivity contribution in [1.29, 1.82) is 0 Å². The Labute approximate surface area is 125 Å². The smallest absolute Gasteiger partial charge is 0.251 e. The lowest BCUT2D eigenvalue weighted by Crippen LogP contribution is -2.42. The van der Waals surface area contributed by atoms with Crippen molar-refractivity contribution in [3.8, 4) is 0 Å². The molecule has 0 aromatic heterocycles. The first-order chi connectivity index (χ1) is 9.73. The highest BCUT2D eigenvalue weighted by Crippen LogP contribution is 2.14. The van der Waals surface area contributed by atoms with Gasteiger partial charge in [0.05, 0.1) is 0 Å². The largest absolute Gasteiger partial charge is 0.352 e. The molecule has 6 nitrogen and oxygen atoms in total. The minimum atomic E-state index is -0.261. The summed E-state index contributed by atoms with van der Waals surface area (Å²) < 4.78 is 0. The lowest BCUT2D eigenvalue weighted by molar-refractivity contribution is -0.122. The number of nitrogen functional groups attached to an aromatic ring is 1. The minimum Gasteiger partial charge on any atom is -0.352 e. The van der Waals surface area contributed by atoms with E-state index in [-0.39, 0.29) is 23.8 Å². The molecule has 1 aromatic carbocycles. The predicted molar refractivity (Wildman–Crippen MR) is 83.8 cm³/mol. The molecule has 0 radical (unpaired) electrons. The zero-order valence-corrected chi connectivity index (χ0v) is 13.0. The lowest BCUT2D eigenvalue weighted by atomic mass is 10.1. The summed E-state index contributed by atoms with van der Waals surface area (Å²) in [6.07, 6.45) is 0.254. The standard InChI is InChI=1S/C15H24N4O2/c1-10-9-11(19-16)5-6-12(10)14(21)17-8-7-13(20)18-15(2,3)4/h5-6,9,19H,7-8,16H2,1-4H3,(H,17,21)(H,18,20). The first kappa shape index (κ1) is 17.0. The molecule has 1 aromatic rings. The Kier molecular flexibility index (Phi) is 5.72. The summed E-state index contributed by atoms with van der Waals surface area (Å²) in [4.78, 5) is 23.7. The maximum Gasteiger partial charge on any atom is 0.251 e. The fourth-order valence-corrected chi connectivity index (χ4v) is 1.87. The predicted octanol–water partition coefficient (Wildman–Crippen LogP) is 1.32. The van der Waals surface area contributed by atoms with Gasteiger partial charge in [0.1, 0.15) is 0 Å². The summed E-state index contributed by atoms with van der Waals surface area (Å²) in [6.45, 7) is 7.89. The maximum absolute atomic E-state index is 12.0. The molecular formula is C15H24N4O2. The summed E-state index contributed by atoms with van der Waals surface area (Å²) in [6, 6.07) is 5.23. The Morgan fingerprint density at radius 1 is 1.24 bits per heavy atom. The molecular weight excluding hydrogens is 268 g/mol. The zero-order chi connectivity index (χ0) is 16.0. The van der Waals surface area contributed by atoms with Gasteiger partial charge in [-0.1, -0.05) is 0 Å². The van der Waals surface area contributed by atoms with E-state index in [2.05, 4.69) is 16.1 Å². The van der Waals surface area contributed by atoms with Gasteiger partial charge in [-0.15, -0.1) is 0 Å². The molecule has 0 atom stereocenters. The molecule has 0 aliphatic rings. The average molecular weight is 292 g/mol. The van der Waals surface area contributed by atoms with Gasteiger partial charge in [-0.3, -0.25) is 15.4 Å². The fraction of sp³-hybridized carbons (Fsp3) is 0.467. The van der Waals surface area contributed by atoms with Crippen LogP contribution in [0.5, 0.6) is 0 Å². The van der Waals surface area contributed by atoms with Gasteiger partial charge < -0.3 is 16.1 Å². The van der Waals surface area contributed by atoms with E-state index in [1.165, 1.54) is 0 Å². The highest BCUT2D eigenvalue weighted by Gasteiger charge is 2.14. The molecule has 6 heteroatoms. The number of hydrogen-bond donors (Lipinski definition) is 4. The van der Waals surface area contributed by atoms with Crippen LogP contribution in [0.3, 0.4) is 0 Å². The van der Waals surface area contributed by atoms with Gasteiger partial charge in [0, 0.05) is 29.8 Å². The Bertz CT molecular complexity index is 521. The number of nitrogens with two attached hydrogens (primary N) is 1. The Hall–Kier alpha value is -2.08. The number of hydrogen-bond acceptors (Lipinski definition) is 4. The van der Waals surface area contributed by atoms with Crippen LogP contribution in [-0.4, -0.2) is 23.9 Å². The van der Waals surface area contributed by atoms with Gasteiger partial charge >= 0.3 is 0 Å². The monoisotopic (exact) mass is 292 g/mol. The minimum absolute atomic E-state index is 0.0813. The third kappa shape index (κ3) is 5.83. The Balaban J connectivity index is 2.49. The maximum atomic E-state index is 12.0. The molecule has 5 N–H and O–H groups in total. The first-order valence-corrected chi connectivity index (χ1v) is 6.89. The third-order valence-electron chi connectivity index (χ3n) is 2.79. The number of aryl methyl sites for hydroxylation is 1. The van der Waals surface area contributed by atoms with Crippen molar-refractivity contribution in [1.82, 2.24) is 10.6 Å². The highest BCUT2D eigenvalue weighted by molar-refractivity contribution is 5.96. The van der Waals surface area contributed by atoms with Crippen LogP contribution in [0.1, 0.15) is 43.1 Å². The SMILES string of the molecule is Cc1cc(NN)ccc1C(=O)NCCC(=O)NC(C)(C)C. The summed E-state index contributed by atoms with van der Waals surface area (Å²) in [5, 5.41) is 5.59. The second-order valence-electron chi connectivity index (χ2n) is 5.98. The van der Waals surface area contributed by atoms with Crippen LogP contribution in [-0.2, 0) is 4.79 Å². The van der Waals surface area contributed by atoms with Gasteiger partial charge in [0.15, 0.2) is 0 Å². The van der Waals surface area contributed by atoms with Crippen LogP contribution in [0.25, 0.3) is 0 Å². The number of anilines is 1. The van der Waals surface area contributed by atoms with Crippen LogP contribution in [0.2, 0.25) is 0 Å². The number of hydrazine groups is 1.